The first kappa shape index (κ1) is 23.2. The van der Waals surface area contributed by atoms with Crippen LogP contribution in [0.3, 0.4) is 0 Å². The molecule has 0 aromatic carbocycles. The smallest absolute Gasteiger partial charge is 0.0615 e. The number of hydrogen-bond donors (Lipinski definition) is 0. The van der Waals surface area contributed by atoms with Gasteiger partial charge in [-0.1, -0.05) is 24.7 Å². The average molecular weight is 338 g/mol. The van der Waals surface area contributed by atoms with Gasteiger partial charge in [-0.2, -0.15) is 0 Å². The Morgan fingerprint density at radius 2 is 1.00 bits per heavy atom. The Morgan fingerprint density at radius 3 is 1.36 bits per heavy atom. The second-order valence-corrected chi connectivity index (χ2v) is 7.26. The van der Waals surface area contributed by atoms with Crippen molar-refractivity contribution in [3.05, 3.63) is 0 Å². The van der Waals surface area contributed by atoms with Gasteiger partial charge in [0.1, 0.15) is 0 Å². The lowest BCUT2D eigenvalue weighted by atomic mass is 10.1. The molecule has 25 heavy (non-hydrogen) atoms. The first-order chi connectivity index (χ1) is 12.0. The summed E-state index contributed by atoms with van der Waals surface area (Å²) in [7, 11) is 0. The van der Waals surface area contributed by atoms with Crippen LogP contribution < -0.4 is 0 Å². The maximum Gasteiger partial charge on any atom is 0.0615 e. The summed E-state index contributed by atoms with van der Waals surface area (Å²) < 4.78 is 0. The summed E-state index contributed by atoms with van der Waals surface area (Å²) in [4.78, 5) is 2.34. The van der Waals surface area contributed by atoms with Gasteiger partial charge in [0, 0.05) is 31.2 Å². The lowest BCUT2D eigenvalue weighted by Gasteiger charge is -2.32. The molecule has 0 rings (SSSR count). The molecule has 0 spiro atoms. The van der Waals surface area contributed by atoms with Gasteiger partial charge in [-0.15, -0.1) is 36.5 Å². The zero-order valence-corrected chi connectivity index (χ0v) is 16.6. The minimum absolute atomic E-state index is 0.0863. The molecular weight excluding hydrogens is 302 g/mol. The number of nitrogens with zero attached hydrogens (tertiary/aromatic N) is 1. The van der Waals surface area contributed by atoms with Crippen LogP contribution >= 0.6 is 0 Å². The molecule has 0 bridgehead atoms. The molecule has 0 heterocycles. The Balaban J connectivity index is 4.08. The summed E-state index contributed by atoms with van der Waals surface area (Å²) in [5, 5.41) is 0. The predicted molar refractivity (Wildman–Crippen MR) is 111 cm³/mol. The summed E-state index contributed by atoms with van der Waals surface area (Å²) in [5.41, 5.74) is 0.0863. The van der Waals surface area contributed by atoms with Crippen molar-refractivity contribution in [2.24, 2.45) is 0 Å². The highest BCUT2D eigenvalue weighted by Gasteiger charge is 2.18. The van der Waals surface area contributed by atoms with Crippen LogP contribution in [0.25, 0.3) is 0 Å². The predicted octanol–water partition coefficient (Wildman–Crippen LogP) is 5.26. The van der Waals surface area contributed by atoms with E-state index in [1.165, 1.54) is 12.8 Å². The Bertz CT molecular complexity index is 484. The van der Waals surface area contributed by atoms with Gasteiger partial charge in [-0.3, -0.25) is 4.90 Å². The van der Waals surface area contributed by atoms with Crippen LogP contribution in [0, 0.1) is 48.4 Å². The third-order valence-corrected chi connectivity index (χ3v) is 3.98. The molecule has 0 atom stereocenters. The Morgan fingerprint density at radius 1 is 0.600 bits per heavy atom. The van der Waals surface area contributed by atoms with Crippen molar-refractivity contribution in [1.29, 1.82) is 0 Å². The lowest BCUT2D eigenvalue weighted by Crippen LogP contribution is -2.41. The highest BCUT2D eigenvalue weighted by molar-refractivity contribution is 5.07. The van der Waals surface area contributed by atoms with Crippen molar-refractivity contribution < 1.29 is 0 Å². The zero-order chi connectivity index (χ0) is 18.8. The van der Waals surface area contributed by atoms with E-state index in [9.17, 15) is 0 Å². The Kier molecular flexibility index (Phi) is 14.6. The van der Waals surface area contributed by atoms with Gasteiger partial charge < -0.3 is 0 Å². The summed E-state index contributed by atoms with van der Waals surface area (Å²) in [5.74, 6) is 18.5. The van der Waals surface area contributed by atoms with Gasteiger partial charge in [0.05, 0.1) is 13.1 Å². The second-order valence-electron chi connectivity index (χ2n) is 7.26. The normalized spacial score (nSPS) is 10.2. The van der Waals surface area contributed by atoms with Crippen LogP contribution in [-0.2, 0) is 0 Å². The first-order valence-electron chi connectivity index (χ1n) is 9.55. The molecule has 0 unspecified atom stereocenters. The molecule has 0 saturated carbocycles. The first-order valence-corrected chi connectivity index (χ1v) is 9.55. The molecule has 136 valence electrons. The molecule has 1 nitrogen and oxygen atoms in total. The largest absolute Gasteiger partial charge is 0.276 e. The molecule has 0 aliphatic rings. The van der Waals surface area contributed by atoms with Gasteiger partial charge in [-0.05, 0) is 46.5 Å². The fraction of sp³-hybridized carbons (Fsp3) is 0.667. The number of terminal acetylenes is 2. The van der Waals surface area contributed by atoms with E-state index in [1.54, 1.807) is 0 Å². The van der Waals surface area contributed by atoms with Gasteiger partial charge in [0.15, 0.2) is 0 Å². The topological polar surface area (TPSA) is 3.24 Å². The molecule has 0 amide bonds. The monoisotopic (exact) mass is 337 g/mol. The van der Waals surface area contributed by atoms with E-state index in [-0.39, 0.29) is 5.54 Å². The van der Waals surface area contributed by atoms with E-state index in [0.29, 0.717) is 0 Å². The van der Waals surface area contributed by atoms with Crippen LogP contribution in [0.2, 0.25) is 0 Å². The van der Waals surface area contributed by atoms with Crippen LogP contribution in [0.4, 0.5) is 0 Å². The van der Waals surface area contributed by atoms with Gasteiger partial charge in [0.25, 0.3) is 0 Å². The van der Waals surface area contributed by atoms with E-state index in [4.69, 9.17) is 12.8 Å². The summed E-state index contributed by atoms with van der Waals surface area (Å²) in [6.45, 7) is 8.22. The maximum atomic E-state index is 5.25. The quantitative estimate of drug-likeness (QED) is 0.388. The second kappa shape index (κ2) is 15.7. The van der Waals surface area contributed by atoms with Crippen molar-refractivity contribution >= 4 is 0 Å². The minimum atomic E-state index is 0.0863. The van der Waals surface area contributed by atoms with Crippen molar-refractivity contribution in [2.75, 3.05) is 13.1 Å². The van der Waals surface area contributed by atoms with E-state index in [2.05, 4.69) is 61.2 Å². The molecular formula is C24H35N. The Labute approximate surface area is 157 Å². The highest BCUT2D eigenvalue weighted by Crippen LogP contribution is 2.11. The molecule has 0 radical (unpaired) electrons. The Hall–Kier alpha value is -1.80. The van der Waals surface area contributed by atoms with Crippen molar-refractivity contribution in [1.82, 2.24) is 4.90 Å². The third-order valence-electron chi connectivity index (χ3n) is 3.98. The van der Waals surface area contributed by atoms with Crippen molar-refractivity contribution in [2.45, 2.75) is 90.5 Å². The van der Waals surface area contributed by atoms with E-state index in [0.717, 1.165) is 64.5 Å². The van der Waals surface area contributed by atoms with Gasteiger partial charge >= 0.3 is 0 Å². The fourth-order valence-corrected chi connectivity index (χ4v) is 2.24. The van der Waals surface area contributed by atoms with E-state index >= 15 is 0 Å². The highest BCUT2D eigenvalue weighted by atomic mass is 15.2. The molecule has 0 aromatic rings. The molecule has 0 N–H and O–H groups in total. The lowest BCUT2D eigenvalue weighted by molar-refractivity contribution is 0.179. The average Bonchev–Trinajstić information content (AvgIpc) is 2.56. The SMILES string of the molecule is C#CCCCCCC#CCN(CC#CCCCCCC#C)C(C)(C)C. The number of unbranched alkanes of at least 4 members (excludes halogenated alkanes) is 8. The molecule has 0 saturated heterocycles. The molecule has 1 heteroatoms. The zero-order valence-electron chi connectivity index (χ0n) is 16.6. The molecule has 0 aromatic heterocycles. The fourth-order valence-electron chi connectivity index (χ4n) is 2.24. The van der Waals surface area contributed by atoms with Crippen LogP contribution in [-0.4, -0.2) is 23.5 Å². The standard InChI is InChI=1S/C24H35N/c1-6-8-10-12-14-16-18-20-22-25(24(3,4)5)23-21-19-17-15-13-11-9-7-2/h1-2H,8-17,22-23H2,3-5H3. The van der Waals surface area contributed by atoms with Gasteiger partial charge in [0.2, 0.25) is 0 Å². The molecule has 0 aliphatic carbocycles. The number of rotatable bonds is 10. The number of hydrogen-bond acceptors (Lipinski definition) is 1. The van der Waals surface area contributed by atoms with Crippen LogP contribution in [0.1, 0.15) is 85.0 Å². The molecule has 0 fully saturated rings. The maximum absolute atomic E-state index is 5.25. The summed E-state index contributed by atoms with van der Waals surface area (Å²) >= 11 is 0. The van der Waals surface area contributed by atoms with E-state index < -0.39 is 0 Å². The third kappa shape index (κ3) is 15.5. The van der Waals surface area contributed by atoms with Crippen molar-refractivity contribution in [3.63, 3.8) is 0 Å². The van der Waals surface area contributed by atoms with Gasteiger partial charge in [-0.25, -0.2) is 0 Å². The summed E-state index contributed by atoms with van der Waals surface area (Å²) in [6.07, 6.45) is 21.1. The minimum Gasteiger partial charge on any atom is -0.276 e. The van der Waals surface area contributed by atoms with Crippen LogP contribution in [0.15, 0.2) is 0 Å². The van der Waals surface area contributed by atoms with E-state index in [1.807, 2.05) is 0 Å². The molecule has 0 aliphatic heterocycles. The summed E-state index contributed by atoms with van der Waals surface area (Å²) in [6, 6.07) is 0. The van der Waals surface area contributed by atoms with Crippen LogP contribution in [0.5, 0.6) is 0 Å². The van der Waals surface area contributed by atoms with Crippen molar-refractivity contribution in [3.8, 4) is 48.4 Å².